The van der Waals surface area contributed by atoms with Gasteiger partial charge in [-0.3, -0.25) is 0 Å². The second-order valence-corrected chi connectivity index (χ2v) is 5.15. The zero-order valence-electron chi connectivity index (χ0n) is 12.8. The van der Waals surface area contributed by atoms with Crippen molar-refractivity contribution in [3.8, 4) is 17.2 Å². The number of esters is 1. The highest BCUT2D eigenvalue weighted by atomic mass is 16.7. The first-order valence-corrected chi connectivity index (χ1v) is 7.30. The molecule has 2 aliphatic rings. The van der Waals surface area contributed by atoms with Crippen molar-refractivity contribution < 1.29 is 23.7 Å². The van der Waals surface area contributed by atoms with E-state index < -0.39 is 5.97 Å². The minimum atomic E-state index is -0.506. The molecule has 0 spiro atoms. The van der Waals surface area contributed by atoms with Crippen LogP contribution in [0.3, 0.4) is 0 Å². The van der Waals surface area contributed by atoms with Gasteiger partial charge in [-0.25, -0.2) is 9.79 Å². The second kappa shape index (κ2) is 5.73. The van der Waals surface area contributed by atoms with Crippen molar-refractivity contribution in [2.24, 2.45) is 4.99 Å². The molecular weight excluding hydrogens is 310 g/mol. The van der Waals surface area contributed by atoms with Crippen molar-refractivity contribution in [1.82, 2.24) is 0 Å². The number of hydrogen-bond donors (Lipinski definition) is 0. The number of carbonyl (C=O) groups is 1. The van der Waals surface area contributed by atoms with Gasteiger partial charge in [0.05, 0.1) is 12.7 Å². The van der Waals surface area contributed by atoms with Gasteiger partial charge < -0.3 is 18.9 Å². The van der Waals surface area contributed by atoms with E-state index in [1.165, 1.54) is 0 Å². The first kappa shape index (κ1) is 14.3. The average Bonchev–Trinajstić information content (AvgIpc) is 3.21. The third-order valence-electron chi connectivity index (χ3n) is 3.66. The molecule has 0 amide bonds. The lowest BCUT2D eigenvalue weighted by Gasteiger charge is -2.05. The SMILES string of the molecule is COc1ccccc1C1=N/C(=C\c2ccc3c(c2)OCO3)C(=O)O1. The van der Waals surface area contributed by atoms with Crippen molar-refractivity contribution >= 4 is 17.9 Å². The van der Waals surface area contributed by atoms with Gasteiger partial charge in [0, 0.05) is 0 Å². The average molecular weight is 323 g/mol. The summed E-state index contributed by atoms with van der Waals surface area (Å²) in [5.74, 6) is 1.64. The fourth-order valence-electron chi connectivity index (χ4n) is 2.51. The lowest BCUT2D eigenvalue weighted by Crippen LogP contribution is -2.06. The quantitative estimate of drug-likeness (QED) is 0.642. The summed E-state index contributed by atoms with van der Waals surface area (Å²) in [4.78, 5) is 16.4. The van der Waals surface area contributed by atoms with Crippen LogP contribution < -0.4 is 14.2 Å². The first-order valence-electron chi connectivity index (χ1n) is 7.30. The predicted octanol–water partition coefficient (Wildman–Crippen LogP) is 2.77. The Hall–Kier alpha value is -3.28. The van der Waals surface area contributed by atoms with E-state index in [1.54, 1.807) is 37.5 Å². The van der Waals surface area contributed by atoms with Gasteiger partial charge in [0.15, 0.2) is 17.2 Å². The fourth-order valence-corrected chi connectivity index (χ4v) is 2.51. The van der Waals surface area contributed by atoms with Gasteiger partial charge in [-0.05, 0) is 35.9 Å². The summed E-state index contributed by atoms with van der Waals surface area (Å²) in [6, 6.07) is 12.6. The van der Waals surface area contributed by atoms with Crippen LogP contribution in [0.2, 0.25) is 0 Å². The molecule has 2 heterocycles. The van der Waals surface area contributed by atoms with Crippen molar-refractivity contribution in [1.29, 1.82) is 0 Å². The predicted molar refractivity (Wildman–Crippen MR) is 86.2 cm³/mol. The molecule has 0 saturated heterocycles. The molecule has 0 aromatic heterocycles. The van der Waals surface area contributed by atoms with E-state index in [-0.39, 0.29) is 18.4 Å². The van der Waals surface area contributed by atoms with Crippen LogP contribution in [0, 0.1) is 0 Å². The third-order valence-corrected chi connectivity index (χ3v) is 3.66. The molecule has 24 heavy (non-hydrogen) atoms. The number of para-hydroxylation sites is 1. The molecule has 6 heteroatoms. The van der Waals surface area contributed by atoms with Gasteiger partial charge in [-0.15, -0.1) is 0 Å². The molecule has 0 atom stereocenters. The smallest absolute Gasteiger partial charge is 0.363 e. The summed E-state index contributed by atoms with van der Waals surface area (Å²) >= 11 is 0. The number of aliphatic imine (C=N–C) groups is 1. The van der Waals surface area contributed by atoms with Gasteiger partial charge in [-0.1, -0.05) is 18.2 Å². The third kappa shape index (κ3) is 2.48. The molecule has 2 aromatic carbocycles. The van der Waals surface area contributed by atoms with E-state index in [2.05, 4.69) is 4.99 Å². The molecular formula is C18H13NO5. The number of methoxy groups -OCH3 is 1. The lowest BCUT2D eigenvalue weighted by atomic mass is 10.1. The molecule has 0 saturated carbocycles. The van der Waals surface area contributed by atoms with Crippen LogP contribution in [0.1, 0.15) is 11.1 Å². The maximum atomic E-state index is 12.1. The van der Waals surface area contributed by atoms with Gasteiger partial charge in [0.2, 0.25) is 12.7 Å². The van der Waals surface area contributed by atoms with E-state index in [4.69, 9.17) is 18.9 Å². The Morgan fingerprint density at radius 2 is 1.96 bits per heavy atom. The summed E-state index contributed by atoms with van der Waals surface area (Å²) in [5.41, 5.74) is 1.62. The zero-order chi connectivity index (χ0) is 16.5. The van der Waals surface area contributed by atoms with Gasteiger partial charge in [0.25, 0.3) is 0 Å². The molecule has 0 N–H and O–H groups in total. The highest BCUT2D eigenvalue weighted by molar-refractivity contribution is 6.13. The second-order valence-electron chi connectivity index (χ2n) is 5.15. The molecule has 0 unspecified atom stereocenters. The minimum absolute atomic E-state index is 0.202. The standard InChI is InChI=1S/C18H13NO5/c1-21-14-5-3-2-4-12(14)17-19-13(18(20)24-17)8-11-6-7-15-16(9-11)23-10-22-15/h2-9H,10H2,1H3/b13-8-. The highest BCUT2D eigenvalue weighted by Gasteiger charge is 2.26. The van der Waals surface area contributed by atoms with Gasteiger partial charge in [-0.2, -0.15) is 0 Å². The van der Waals surface area contributed by atoms with E-state index in [0.29, 0.717) is 22.8 Å². The van der Waals surface area contributed by atoms with Crippen molar-refractivity contribution in [3.63, 3.8) is 0 Å². The number of nitrogens with zero attached hydrogens (tertiary/aromatic N) is 1. The Labute approximate surface area is 137 Å². The lowest BCUT2D eigenvalue weighted by molar-refractivity contribution is -0.129. The van der Waals surface area contributed by atoms with Crippen LogP contribution in [0.5, 0.6) is 17.2 Å². The van der Waals surface area contributed by atoms with Crippen LogP contribution in [-0.2, 0) is 9.53 Å². The molecule has 120 valence electrons. The molecule has 2 aromatic rings. The number of ether oxygens (including phenoxy) is 4. The van der Waals surface area contributed by atoms with Crippen LogP contribution in [0.15, 0.2) is 53.2 Å². The Bertz CT molecular complexity index is 885. The summed E-state index contributed by atoms with van der Waals surface area (Å²) in [7, 11) is 1.56. The van der Waals surface area contributed by atoms with E-state index in [1.807, 2.05) is 18.2 Å². The zero-order valence-corrected chi connectivity index (χ0v) is 12.8. The number of cyclic esters (lactones) is 1. The van der Waals surface area contributed by atoms with Crippen molar-refractivity contribution in [3.05, 3.63) is 59.3 Å². The van der Waals surface area contributed by atoms with Crippen LogP contribution in [-0.4, -0.2) is 25.8 Å². The summed E-state index contributed by atoms with van der Waals surface area (Å²) < 4.78 is 21.1. The van der Waals surface area contributed by atoms with Crippen LogP contribution in [0.4, 0.5) is 0 Å². The number of benzene rings is 2. The van der Waals surface area contributed by atoms with Gasteiger partial charge >= 0.3 is 5.97 Å². The summed E-state index contributed by atoms with van der Waals surface area (Å²) in [5, 5.41) is 0. The number of hydrogen-bond acceptors (Lipinski definition) is 6. The van der Waals surface area contributed by atoms with Crippen LogP contribution >= 0.6 is 0 Å². The maximum Gasteiger partial charge on any atom is 0.363 e. The Kier molecular flexibility index (Phi) is 3.42. The van der Waals surface area contributed by atoms with Crippen molar-refractivity contribution in [2.45, 2.75) is 0 Å². The molecule has 6 nitrogen and oxygen atoms in total. The molecule has 0 bridgehead atoms. The molecule has 4 rings (SSSR count). The molecule has 0 aliphatic carbocycles. The molecule has 0 radical (unpaired) electrons. The first-order chi connectivity index (χ1) is 11.7. The van der Waals surface area contributed by atoms with E-state index in [9.17, 15) is 4.79 Å². The Morgan fingerprint density at radius 1 is 1.12 bits per heavy atom. The van der Waals surface area contributed by atoms with Gasteiger partial charge in [0.1, 0.15) is 5.75 Å². The normalized spacial score (nSPS) is 17.0. The monoisotopic (exact) mass is 323 g/mol. The largest absolute Gasteiger partial charge is 0.496 e. The Balaban J connectivity index is 1.68. The highest BCUT2D eigenvalue weighted by Crippen LogP contribution is 2.33. The van der Waals surface area contributed by atoms with E-state index >= 15 is 0 Å². The Morgan fingerprint density at radius 3 is 2.83 bits per heavy atom. The number of fused-ring (bicyclic) bond motifs is 1. The fraction of sp³-hybridized carbons (Fsp3) is 0.111. The molecule has 0 fully saturated rings. The summed E-state index contributed by atoms with van der Waals surface area (Å²) in [6.07, 6.45) is 1.65. The maximum absolute atomic E-state index is 12.1. The van der Waals surface area contributed by atoms with Crippen molar-refractivity contribution in [2.75, 3.05) is 13.9 Å². The topological polar surface area (TPSA) is 66.3 Å². The van der Waals surface area contributed by atoms with Crippen LogP contribution in [0.25, 0.3) is 6.08 Å². The molecule has 2 aliphatic heterocycles. The number of rotatable bonds is 3. The minimum Gasteiger partial charge on any atom is -0.496 e. The summed E-state index contributed by atoms with van der Waals surface area (Å²) in [6.45, 7) is 0.202. The van der Waals surface area contributed by atoms with E-state index in [0.717, 1.165) is 5.56 Å². The number of carbonyl (C=O) groups excluding carboxylic acids is 1.